The minimum Gasteiger partial charge on any atom is -0.0758 e. The molecule has 0 aromatic heterocycles. The molecule has 0 radical (unpaired) electrons. The van der Waals surface area contributed by atoms with Gasteiger partial charge in [0.25, 0.3) is 0 Å². The molecule has 0 heteroatoms. The molecule has 1 aromatic carbocycles. The van der Waals surface area contributed by atoms with E-state index in [-0.39, 0.29) is 0 Å². The Balaban J connectivity index is 2.93. The first-order valence-electron chi connectivity index (χ1n) is 5.15. The van der Waals surface area contributed by atoms with Crippen molar-refractivity contribution in [3.05, 3.63) is 41.0 Å². The fourth-order valence-corrected chi connectivity index (χ4v) is 0.913. The molecule has 0 N–H and O–H groups in total. The molecule has 11 heavy (non-hydrogen) atoms. The maximum atomic E-state index is 7.19. The van der Waals surface area contributed by atoms with E-state index in [2.05, 4.69) is 0 Å². The molecule has 0 aliphatic carbocycles. The first-order valence-corrected chi connectivity index (χ1v) is 3.65. The van der Waals surface area contributed by atoms with E-state index in [1.165, 1.54) is 5.56 Å². The molecule has 0 saturated heterocycles. The maximum Gasteiger partial charge on any atom is 0.0276 e. The maximum absolute atomic E-state index is 7.19. The Labute approximate surface area is 72.8 Å². The molecule has 0 aliphatic heterocycles. The molecule has 1 rings (SSSR count). The average Bonchev–Trinajstić information content (AvgIpc) is 2.07. The summed E-state index contributed by atoms with van der Waals surface area (Å²) in [5, 5.41) is 0. The van der Waals surface area contributed by atoms with Gasteiger partial charge in [0.2, 0.25) is 0 Å². The van der Waals surface area contributed by atoms with Crippen LogP contribution in [0.1, 0.15) is 29.0 Å². The Hall–Kier alpha value is -1.04. The Kier molecular flexibility index (Phi) is 1.46. The van der Waals surface area contributed by atoms with Gasteiger partial charge in [-0.2, -0.15) is 0 Å². The highest BCUT2D eigenvalue weighted by atomic mass is 13.9. The Morgan fingerprint density at radius 1 is 1.36 bits per heavy atom. The summed E-state index contributed by atoms with van der Waals surface area (Å²) in [5.41, 5.74) is 2.53. The molecule has 0 heterocycles. The summed E-state index contributed by atoms with van der Waals surface area (Å²) in [6.45, 7) is 1.65. The van der Waals surface area contributed by atoms with Gasteiger partial charge in [0.15, 0.2) is 0 Å². The summed E-state index contributed by atoms with van der Waals surface area (Å²) in [5.74, 6) is 0. The highest BCUT2D eigenvalue weighted by Gasteiger charge is 1.86. The molecule has 0 bridgehead atoms. The summed E-state index contributed by atoms with van der Waals surface area (Å²) in [6.07, 6.45) is 1.70. The number of benzene rings is 1. The number of hydrogen-bond acceptors (Lipinski definition) is 0. The smallest absolute Gasteiger partial charge is 0.0276 e. The van der Waals surface area contributed by atoms with Crippen LogP contribution in [0, 0.1) is 6.92 Å². The molecular formula is C11H14. The van der Waals surface area contributed by atoms with Gasteiger partial charge in [0.05, 0.1) is 0 Å². The van der Waals surface area contributed by atoms with Crippen molar-refractivity contribution < 1.29 is 4.11 Å². The quantitative estimate of drug-likeness (QED) is 0.574. The minimum atomic E-state index is -1.98. The summed E-state index contributed by atoms with van der Waals surface area (Å²) >= 11 is 0. The van der Waals surface area contributed by atoms with Gasteiger partial charge in [0.1, 0.15) is 0 Å². The molecular weight excluding hydrogens is 132 g/mol. The number of rotatable bonds is 1. The van der Waals surface area contributed by atoms with E-state index in [1.54, 1.807) is 13.0 Å². The lowest BCUT2D eigenvalue weighted by atomic mass is 10.1. The average molecular weight is 149 g/mol. The molecule has 0 unspecified atom stereocenters. The lowest BCUT2D eigenvalue weighted by Crippen LogP contribution is -1.74. The van der Waals surface area contributed by atoms with Gasteiger partial charge < -0.3 is 0 Å². The normalized spacial score (nSPS) is 16.9. The molecule has 0 spiro atoms. The standard InChI is InChI=1S/C11H14/c1-9(2)8-11-6-4-10(3)5-7-11/h4-8H,1-3H3/i1D3/b9-8-. The minimum absolute atomic E-state index is 0.418. The molecule has 0 fully saturated rings. The molecule has 0 amide bonds. The van der Waals surface area contributed by atoms with Gasteiger partial charge in [-0.3, -0.25) is 0 Å². The second kappa shape index (κ2) is 3.38. The van der Waals surface area contributed by atoms with Crippen molar-refractivity contribution in [1.82, 2.24) is 0 Å². The highest BCUT2D eigenvalue weighted by molar-refractivity contribution is 5.52. The predicted molar refractivity (Wildman–Crippen MR) is 50.5 cm³/mol. The summed E-state index contributed by atoms with van der Waals surface area (Å²) < 4.78 is 21.6. The van der Waals surface area contributed by atoms with E-state index < -0.39 is 6.85 Å². The molecule has 1 aromatic rings. The van der Waals surface area contributed by atoms with Crippen LogP contribution in [0.25, 0.3) is 6.08 Å². The summed E-state index contributed by atoms with van der Waals surface area (Å²) in [4.78, 5) is 0. The molecule has 58 valence electrons. The first-order chi connectivity index (χ1) is 6.39. The van der Waals surface area contributed by atoms with Crippen LogP contribution in [-0.2, 0) is 0 Å². The van der Waals surface area contributed by atoms with Crippen molar-refractivity contribution in [2.45, 2.75) is 20.7 Å². The van der Waals surface area contributed by atoms with Crippen LogP contribution in [0.4, 0.5) is 0 Å². The first kappa shape index (κ1) is 4.76. The second-order valence-electron chi connectivity index (χ2n) is 2.74. The SMILES string of the molecule is [2H]C([2H])([2H])/C(C)=C/c1ccc(C)cc1. The van der Waals surface area contributed by atoms with Crippen LogP contribution in [0.15, 0.2) is 29.8 Å². The van der Waals surface area contributed by atoms with Crippen LogP contribution in [0.2, 0.25) is 0 Å². The number of aryl methyl sites for hydroxylation is 1. The van der Waals surface area contributed by atoms with Crippen molar-refractivity contribution >= 4 is 6.08 Å². The monoisotopic (exact) mass is 149 g/mol. The van der Waals surface area contributed by atoms with Crippen LogP contribution in [-0.4, -0.2) is 0 Å². The molecule has 0 saturated carbocycles. The van der Waals surface area contributed by atoms with Crippen LogP contribution >= 0.6 is 0 Å². The van der Waals surface area contributed by atoms with Gasteiger partial charge in [-0.1, -0.05) is 41.5 Å². The number of hydrogen-bond donors (Lipinski definition) is 0. The Morgan fingerprint density at radius 3 is 2.55 bits per heavy atom. The van der Waals surface area contributed by atoms with Gasteiger partial charge in [-0.05, 0) is 26.3 Å². The van der Waals surface area contributed by atoms with Crippen LogP contribution in [0.5, 0.6) is 0 Å². The van der Waals surface area contributed by atoms with E-state index >= 15 is 0 Å². The zero-order valence-corrected chi connectivity index (χ0v) is 6.89. The number of allylic oxidation sites excluding steroid dienone is 1. The molecule has 0 atom stereocenters. The molecule has 0 aliphatic rings. The van der Waals surface area contributed by atoms with Gasteiger partial charge in [-0.25, -0.2) is 0 Å². The second-order valence-corrected chi connectivity index (χ2v) is 2.74. The van der Waals surface area contributed by atoms with Crippen molar-refractivity contribution in [2.24, 2.45) is 0 Å². The zero-order chi connectivity index (χ0) is 10.8. The predicted octanol–water partition coefficient (Wildman–Crippen LogP) is 3.42. The van der Waals surface area contributed by atoms with E-state index in [9.17, 15) is 0 Å². The van der Waals surface area contributed by atoms with E-state index in [4.69, 9.17) is 4.11 Å². The third kappa shape index (κ3) is 2.58. The fraction of sp³-hybridized carbons (Fsp3) is 0.273. The van der Waals surface area contributed by atoms with Crippen molar-refractivity contribution in [1.29, 1.82) is 0 Å². The topological polar surface area (TPSA) is 0 Å². The van der Waals surface area contributed by atoms with Gasteiger partial charge in [0, 0.05) is 4.11 Å². The fourth-order valence-electron chi connectivity index (χ4n) is 0.913. The van der Waals surface area contributed by atoms with Crippen molar-refractivity contribution in [2.75, 3.05) is 0 Å². The van der Waals surface area contributed by atoms with Crippen molar-refractivity contribution in [3.63, 3.8) is 0 Å². The van der Waals surface area contributed by atoms with Crippen molar-refractivity contribution in [3.8, 4) is 0 Å². The van der Waals surface area contributed by atoms with Crippen LogP contribution in [0.3, 0.4) is 0 Å². The van der Waals surface area contributed by atoms with Gasteiger partial charge >= 0.3 is 0 Å². The van der Waals surface area contributed by atoms with E-state index in [1.807, 2.05) is 31.2 Å². The molecule has 0 nitrogen and oxygen atoms in total. The Morgan fingerprint density at radius 2 is 2.00 bits per heavy atom. The highest BCUT2D eigenvalue weighted by Crippen LogP contribution is 2.07. The lowest BCUT2D eigenvalue weighted by molar-refractivity contribution is 1.41. The van der Waals surface area contributed by atoms with Gasteiger partial charge in [-0.15, -0.1) is 0 Å². The zero-order valence-electron chi connectivity index (χ0n) is 9.89. The largest absolute Gasteiger partial charge is 0.0758 e. The van der Waals surface area contributed by atoms with E-state index in [0.717, 1.165) is 5.56 Å². The third-order valence-corrected chi connectivity index (χ3v) is 1.46. The lowest BCUT2D eigenvalue weighted by Gasteiger charge is -1.95. The summed E-state index contributed by atoms with van der Waals surface area (Å²) in [6, 6.07) is 7.78. The Bertz CT molecular complexity index is 331. The van der Waals surface area contributed by atoms with Crippen LogP contribution < -0.4 is 0 Å². The van der Waals surface area contributed by atoms with E-state index in [0.29, 0.717) is 5.57 Å². The third-order valence-electron chi connectivity index (χ3n) is 1.46. The summed E-state index contributed by atoms with van der Waals surface area (Å²) in [7, 11) is 0.